The maximum atomic E-state index is 5.92. The second kappa shape index (κ2) is 7.99. The molecule has 1 saturated heterocycles. The fourth-order valence-corrected chi connectivity index (χ4v) is 3.34. The fraction of sp³-hybridized carbons (Fsp3) is 0.316. The first-order chi connectivity index (χ1) is 11.7. The molecule has 0 spiro atoms. The first-order valence-corrected chi connectivity index (χ1v) is 9.22. The van der Waals surface area contributed by atoms with Gasteiger partial charge in [0, 0.05) is 23.1 Å². The Balaban J connectivity index is 1.71. The Morgan fingerprint density at radius 2 is 1.79 bits per heavy atom. The van der Waals surface area contributed by atoms with E-state index in [0.29, 0.717) is 12.4 Å². The zero-order valence-electron chi connectivity index (χ0n) is 13.6. The molecule has 126 valence electrons. The molecule has 1 heterocycles. The van der Waals surface area contributed by atoms with Gasteiger partial charge in [0.1, 0.15) is 11.6 Å². The summed E-state index contributed by atoms with van der Waals surface area (Å²) in [5, 5.41) is 0. The van der Waals surface area contributed by atoms with Crippen molar-refractivity contribution in [3.05, 3.63) is 58.1 Å². The highest BCUT2D eigenvalue weighted by molar-refractivity contribution is 9.10. The Morgan fingerprint density at radius 1 is 1.08 bits per heavy atom. The van der Waals surface area contributed by atoms with Gasteiger partial charge in [-0.15, -0.1) is 0 Å². The topological polar surface area (TPSA) is 21.7 Å². The summed E-state index contributed by atoms with van der Waals surface area (Å²) in [5.74, 6) is 1.44. The standard InChI is InChI=1S/C19H20BrNO2S/c1-22-18-12-15(19(24)21-10-2-3-11-21)6-9-17(18)23-13-14-4-7-16(20)8-5-14/h4-9,12H,2-3,10-11,13H2,1H3. The molecule has 5 heteroatoms. The lowest BCUT2D eigenvalue weighted by Gasteiger charge is -2.19. The minimum atomic E-state index is 0.500. The quantitative estimate of drug-likeness (QED) is 0.665. The van der Waals surface area contributed by atoms with E-state index in [-0.39, 0.29) is 0 Å². The number of benzene rings is 2. The van der Waals surface area contributed by atoms with Gasteiger partial charge in [-0.1, -0.05) is 40.3 Å². The Kier molecular flexibility index (Phi) is 5.74. The number of methoxy groups -OCH3 is 1. The zero-order chi connectivity index (χ0) is 16.9. The van der Waals surface area contributed by atoms with Crippen molar-refractivity contribution in [3.8, 4) is 11.5 Å². The highest BCUT2D eigenvalue weighted by Gasteiger charge is 2.17. The van der Waals surface area contributed by atoms with Gasteiger partial charge in [-0.2, -0.15) is 0 Å². The van der Waals surface area contributed by atoms with E-state index in [1.807, 2.05) is 42.5 Å². The van der Waals surface area contributed by atoms with Crippen LogP contribution >= 0.6 is 28.1 Å². The molecule has 2 aromatic rings. The molecule has 0 unspecified atom stereocenters. The second-order valence-corrected chi connectivity index (χ2v) is 7.08. The van der Waals surface area contributed by atoms with E-state index in [2.05, 4.69) is 20.8 Å². The second-order valence-electron chi connectivity index (χ2n) is 5.78. The molecule has 1 aliphatic heterocycles. The number of thiocarbonyl (C=S) groups is 1. The van der Waals surface area contributed by atoms with Gasteiger partial charge in [0.05, 0.1) is 7.11 Å². The lowest BCUT2D eigenvalue weighted by Crippen LogP contribution is -2.26. The molecule has 0 bridgehead atoms. The molecule has 0 aromatic heterocycles. The van der Waals surface area contributed by atoms with E-state index in [1.54, 1.807) is 7.11 Å². The SMILES string of the molecule is COc1cc(C(=S)N2CCCC2)ccc1OCc1ccc(Br)cc1. The summed E-state index contributed by atoms with van der Waals surface area (Å²) in [4.78, 5) is 3.15. The van der Waals surface area contributed by atoms with Crippen molar-refractivity contribution < 1.29 is 9.47 Å². The van der Waals surface area contributed by atoms with Gasteiger partial charge >= 0.3 is 0 Å². The van der Waals surface area contributed by atoms with Crippen LogP contribution in [0, 0.1) is 0 Å². The molecule has 3 rings (SSSR count). The average molecular weight is 406 g/mol. The molecule has 0 saturated carbocycles. The van der Waals surface area contributed by atoms with Crippen molar-refractivity contribution in [2.45, 2.75) is 19.4 Å². The van der Waals surface area contributed by atoms with Crippen LogP contribution in [0.5, 0.6) is 11.5 Å². The third-order valence-corrected chi connectivity index (χ3v) is 5.13. The summed E-state index contributed by atoms with van der Waals surface area (Å²) in [6.07, 6.45) is 2.43. The average Bonchev–Trinajstić information content (AvgIpc) is 3.15. The Hall–Kier alpha value is -1.59. The van der Waals surface area contributed by atoms with Crippen molar-refractivity contribution in [1.29, 1.82) is 0 Å². The van der Waals surface area contributed by atoms with E-state index in [1.165, 1.54) is 12.8 Å². The lowest BCUT2D eigenvalue weighted by molar-refractivity contribution is 0.284. The van der Waals surface area contributed by atoms with E-state index in [4.69, 9.17) is 21.7 Å². The molecule has 0 aliphatic carbocycles. The molecule has 0 atom stereocenters. The minimum Gasteiger partial charge on any atom is -0.493 e. The number of hydrogen-bond acceptors (Lipinski definition) is 3. The van der Waals surface area contributed by atoms with Crippen LogP contribution in [0.3, 0.4) is 0 Å². The molecular formula is C19H20BrNO2S. The normalized spacial score (nSPS) is 13.8. The highest BCUT2D eigenvalue weighted by Crippen LogP contribution is 2.30. The molecule has 1 aliphatic rings. The first kappa shape index (κ1) is 17.2. The Morgan fingerprint density at radius 3 is 2.46 bits per heavy atom. The van der Waals surface area contributed by atoms with Gasteiger partial charge in [0.15, 0.2) is 11.5 Å². The van der Waals surface area contributed by atoms with E-state index >= 15 is 0 Å². The van der Waals surface area contributed by atoms with Crippen LogP contribution in [0.1, 0.15) is 24.0 Å². The number of ether oxygens (including phenoxy) is 2. The predicted molar refractivity (Wildman–Crippen MR) is 104 cm³/mol. The summed E-state index contributed by atoms with van der Waals surface area (Å²) in [6, 6.07) is 14.0. The van der Waals surface area contributed by atoms with Crippen molar-refractivity contribution in [2.24, 2.45) is 0 Å². The van der Waals surface area contributed by atoms with Crippen LogP contribution < -0.4 is 9.47 Å². The number of hydrogen-bond donors (Lipinski definition) is 0. The van der Waals surface area contributed by atoms with E-state index in [9.17, 15) is 0 Å². The van der Waals surface area contributed by atoms with Crippen LogP contribution in [-0.4, -0.2) is 30.1 Å². The molecule has 0 N–H and O–H groups in total. The van der Waals surface area contributed by atoms with Crippen molar-refractivity contribution in [2.75, 3.05) is 20.2 Å². The van der Waals surface area contributed by atoms with Crippen molar-refractivity contribution in [3.63, 3.8) is 0 Å². The third kappa shape index (κ3) is 4.08. The van der Waals surface area contributed by atoms with Crippen LogP contribution in [0.2, 0.25) is 0 Å². The van der Waals surface area contributed by atoms with Gasteiger partial charge in [-0.05, 0) is 48.7 Å². The van der Waals surface area contributed by atoms with E-state index in [0.717, 1.165) is 39.4 Å². The molecule has 2 aromatic carbocycles. The first-order valence-electron chi connectivity index (χ1n) is 8.02. The van der Waals surface area contributed by atoms with Crippen LogP contribution in [-0.2, 0) is 6.61 Å². The molecule has 24 heavy (non-hydrogen) atoms. The van der Waals surface area contributed by atoms with Gasteiger partial charge in [0.2, 0.25) is 0 Å². The maximum Gasteiger partial charge on any atom is 0.161 e. The number of rotatable bonds is 5. The van der Waals surface area contributed by atoms with Gasteiger partial charge < -0.3 is 14.4 Å². The van der Waals surface area contributed by atoms with Gasteiger partial charge in [-0.25, -0.2) is 0 Å². The molecule has 3 nitrogen and oxygen atoms in total. The van der Waals surface area contributed by atoms with E-state index < -0.39 is 0 Å². The van der Waals surface area contributed by atoms with Crippen molar-refractivity contribution in [1.82, 2.24) is 4.90 Å². The van der Waals surface area contributed by atoms with Gasteiger partial charge in [-0.3, -0.25) is 0 Å². The van der Waals surface area contributed by atoms with Crippen LogP contribution in [0.25, 0.3) is 0 Å². The largest absolute Gasteiger partial charge is 0.493 e. The third-order valence-electron chi connectivity index (χ3n) is 4.11. The molecule has 0 radical (unpaired) electrons. The Labute approximate surface area is 156 Å². The summed E-state index contributed by atoms with van der Waals surface area (Å²) in [6.45, 7) is 2.59. The van der Waals surface area contributed by atoms with Gasteiger partial charge in [0.25, 0.3) is 0 Å². The smallest absolute Gasteiger partial charge is 0.161 e. The maximum absolute atomic E-state index is 5.92. The highest BCUT2D eigenvalue weighted by atomic mass is 79.9. The molecule has 0 amide bonds. The fourth-order valence-electron chi connectivity index (χ4n) is 2.76. The molecular weight excluding hydrogens is 386 g/mol. The predicted octanol–water partition coefficient (Wildman–Crippen LogP) is 4.81. The van der Waals surface area contributed by atoms with Crippen LogP contribution in [0.4, 0.5) is 0 Å². The monoisotopic (exact) mass is 405 g/mol. The molecule has 1 fully saturated rings. The lowest BCUT2D eigenvalue weighted by atomic mass is 10.2. The summed E-state index contributed by atoms with van der Waals surface area (Å²) in [7, 11) is 1.66. The van der Waals surface area contributed by atoms with Crippen molar-refractivity contribution >= 4 is 33.1 Å². The minimum absolute atomic E-state index is 0.500. The number of halogens is 1. The summed E-state index contributed by atoms with van der Waals surface area (Å²) < 4.78 is 12.5. The number of likely N-dealkylation sites (tertiary alicyclic amines) is 1. The number of nitrogens with zero attached hydrogens (tertiary/aromatic N) is 1. The Bertz CT molecular complexity index is 712. The summed E-state index contributed by atoms with van der Waals surface area (Å²) >= 11 is 9.05. The zero-order valence-corrected chi connectivity index (χ0v) is 16.0. The summed E-state index contributed by atoms with van der Waals surface area (Å²) in [5.41, 5.74) is 2.12. The van der Waals surface area contributed by atoms with Crippen LogP contribution in [0.15, 0.2) is 46.9 Å².